The number of aromatic nitrogens is 2. The van der Waals surface area contributed by atoms with Crippen LogP contribution in [0.5, 0.6) is 5.75 Å². The van der Waals surface area contributed by atoms with Crippen LogP contribution < -0.4 is 10.5 Å². The van der Waals surface area contributed by atoms with Crippen LogP contribution in [-0.2, 0) is 4.79 Å². The number of carbonyl (C=O) groups is 1. The van der Waals surface area contributed by atoms with E-state index in [0.717, 1.165) is 0 Å². The highest BCUT2D eigenvalue weighted by Gasteiger charge is 2.11. The van der Waals surface area contributed by atoms with Gasteiger partial charge in [0.05, 0.1) is 0 Å². The number of benzene rings is 2. The summed E-state index contributed by atoms with van der Waals surface area (Å²) in [5.74, 6) is 0.172. The molecule has 0 saturated heterocycles. The number of nitrogens with two attached hydrogens (primary N) is 1. The molecule has 3 rings (SSSR count). The Morgan fingerprint density at radius 3 is 2.65 bits per heavy atom. The standard InChI is InChI=1S/C16H12FN3O3/c17-12-3-1-2-11(8-12)16-19-15(20-23-16)10-4-6-13(7-5-10)22-9-14(18)21/h1-8H,9H2,(H2,18,21). The van der Waals surface area contributed by atoms with Crippen molar-refractivity contribution in [3.8, 4) is 28.6 Å². The Bertz CT molecular complexity index is 831. The second-order valence-electron chi connectivity index (χ2n) is 4.71. The van der Waals surface area contributed by atoms with Crippen molar-refractivity contribution in [1.82, 2.24) is 10.1 Å². The van der Waals surface area contributed by atoms with Crippen molar-refractivity contribution in [2.24, 2.45) is 5.73 Å². The molecule has 0 fully saturated rings. The molecule has 0 aliphatic carbocycles. The highest BCUT2D eigenvalue weighted by atomic mass is 19.1. The van der Waals surface area contributed by atoms with E-state index in [0.29, 0.717) is 22.7 Å². The first-order valence-corrected chi connectivity index (χ1v) is 6.73. The predicted octanol–water partition coefficient (Wildman–Crippen LogP) is 2.41. The van der Waals surface area contributed by atoms with Crippen LogP contribution in [0.3, 0.4) is 0 Å². The van der Waals surface area contributed by atoms with Crippen LogP contribution in [0.2, 0.25) is 0 Å². The quantitative estimate of drug-likeness (QED) is 0.781. The third-order valence-electron chi connectivity index (χ3n) is 2.99. The minimum Gasteiger partial charge on any atom is -0.484 e. The van der Waals surface area contributed by atoms with Gasteiger partial charge in [0.25, 0.3) is 11.8 Å². The fourth-order valence-corrected chi connectivity index (χ4v) is 1.93. The van der Waals surface area contributed by atoms with Gasteiger partial charge < -0.3 is 15.0 Å². The molecule has 1 aromatic heterocycles. The summed E-state index contributed by atoms with van der Waals surface area (Å²) in [4.78, 5) is 14.9. The molecule has 1 amide bonds. The lowest BCUT2D eigenvalue weighted by atomic mass is 10.2. The fourth-order valence-electron chi connectivity index (χ4n) is 1.93. The van der Waals surface area contributed by atoms with Crippen LogP contribution in [0.4, 0.5) is 4.39 Å². The zero-order valence-corrected chi connectivity index (χ0v) is 11.9. The van der Waals surface area contributed by atoms with Crippen molar-refractivity contribution < 1.29 is 18.4 Å². The second-order valence-corrected chi connectivity index (χ2v) is 4.71. The summed E-state index contributed by atoms with van der Waals surface area (Å²) in [5, 5.41) is 3.87. The number of ether oxygens (including phenoxy) is 1. The Balaban J connectivity index is 1.79. The lowest BCUT2D eigenvalue weighted by Gasteiger charge is -2.03. The van der Waals surface area contributed by atoms with Crippen molar-refractivity contribution in [2.75, 3.05) is 6.61 Å². The summed E-state index contributed by atoms with van der Waals surface area (Å²) in [6.45, 7) is -0.189. The Kier molecular flexibility index (Phi) is 4.01. The van der Waals surface area contributed by atoms with Gasteiger partial charge in [0, 0.05) is 11.1 Å². The first kappa shape index (κ1) is 14.7. The van der Waals surface area contributed by atoms with Crippen LogP contribution in [-0.4, -0.2) is 22.7 Å². The smallest absolute Gasteiger partial charge is 0.258 e. The minimum atomic E-state index is -0.549. The number of rotatable bonds is 5. The molecule has 0 unspecified atom stereocenters. The van der Waals surface area contributed by atoms with Crippen molar-refractivity contribution in [1.29, 1.82) is 0 Å². The van der Waals surface area contributed by atoms with Crippen LogP contribution in [0.15, 0.2) is 53.1 Å². The van der Waals surface area contributed by atoms with Crippen LogP contribution in [0.25, 0.3) is 22.8 Å². The molecule has 3 aromatic rings. The van der Waals surface area contributed by atoms with Crippen LogP contribution in [0.1, 0.15) is 0 Å². The van der Waals surface area contributed by atoms with Crippen LogP contribution in [0, 0.1) is 5.82 Å². The van der Waals surface area contributed by atoms with Gasteiger partial charge >= 0.3 is 0 Å². The molecule has 0 spiro atoms. The van der Waals surface area contributed by atoms with E-state index in [1.807, 2.05) is 0 Å². The molecule has 0 aliphatic heterocycles. The average molecular weight is 313 g/mol. The van der Waals surface area contributed by atoms with Gasteiger partial charge in [-0.1, -0.05) is 11.2 Å². The van der Waals surface area contributed by atoms with Gasteiger partial charge in [-0.3, -0.25) is 4.79 Å². The maximum atomic E-state index is 13.2. The van der Waals surface area contributed by atoms with E-state index in [1.165, 1.54) is 12.1 Å². The summed E-state index contributed by atoms with van der Waals surface area (Å²) < 4.78 is 23.5. The topological polar surface area (TPSA) is 91.2 Å². The lowest BCUT2D eigenvalue weighted by molar-refractivity contribution is -0.119. The van der Waals surface area contributed by atoms with Gasteiger partial charge in [-0.15, -0.1) is 0 Å². The second kappa shape index (κ2) is 6.27. The molecule has 7 heteroatoms. The van der Waals surface area contributed by atoms with Gasteiger partial charge in [0.15, 0.2) is 6.61 Å². The molecule has 2 aromatic carbocycles. The van der Waals surface area contributed by atoms with E-state index >= 15 is 0 Å². The largest absolute Gasteiger partial charge is 0.484 e. The maximum Gasteiger partial charge on any atom is 0.258 e. The molecule has 0 aliphatic rings. The molecular weight excluding hydrogens is 301 g/mol. The normalized spacial score (nSPS) is 10.5. The third kappa shape index (κ3) is 3.52. The molecule has 2 N–H and O–H groups in total. The maximum absolute atomic E-state index is 13.2. The highest BCUT2D eigenvalue weighted by molar-refractivity contribution is 5.75. The Morgan fingerprint density at radius 1 is 1.17 bits per heavy atom. The van der Waals surface area contributed by atoms with Gasteiger partial charge in [-0.2, -0.15) is 4.98 Å². The SMILES string of the molecule is NC(=O)COc1ccc(-c2noc(-c3cccc(F)c3)n2)cc1. The first-order valence-electron chi connectivity index (χ1n) is 6.73. The van der Waals surface area contributed by atoms with E-state index in [2.05, 4.69) is 10.1 Å². The molecule has 0 bridgehead atoms. The third-order valence-corrected chi connectivity index (χ3v) is 2.99. The van der Waals surface area contributed by atoms with Gasteiger partial charge in [0.2, 0.25) is 5.82 Å². The van der Waals surface area contributed by atoms with Crippen molar-refractivity contribution in [2.45, 2.75) is 0 Å². The number of primary amides is 1. The number of nitrogens with zero attached hydrogens (tertiary/aromatic N) is 2. The number of halogens is 1. The fraction of sp³-hybridized carbons (Fsp3) is 0.0625. The van der Waals surface area contributed by atoms with E-state index in [-0.39, 0.29) is 18.3 Å². The highest BCUT2D eigenvalue weighted by Crippen LogP contribution is 2.24. The summed E-state index contributed by atoms with van der Waals surface area (Å²) in [6.07, 6.45) is 0. The predicted molar refractivity (Wildman–Crippen MR) is 79.8 cm³/mol. The molecule has 23 heavy (non-hydrogen) atoms. The van der Waals surface area contributed by atoms with Crippen LogP contribution >= 0.6 is 0 Å². The Morgan fingerprint density at radius 2 is 1.96 bits per heavy atom. The molecule has 0 atom stereocenters. The summed E-state index contributed by atoms with van der Waals surface area (Å²) in [5.41, 5.74) is 6.21. The lowest BCUT2D eigenvalue weighted by Crippen LogP contribution is -2.19. The number of hydrogen-bond acceptors (Lipinski definition) is 5. The number of amides is 1. The van der Waals surface area contributed by atoms with Crippen molar-refractivity contribution >= 4 is 5.91 Å². The number of carbonyl (C=O) groups excluding carboxylic acids is 1. The van der Waals surface area contributed by atoms with Gasteiger partial charge in [-0.25, -0.2) is 4.39 Å². The zero-order chi connectivity index (χ0) is 16.2. The number of hydrogen-bond donors (Lipinski definition) is 1. The molecule has 116 valence electrons. The molecule has 0 radical (unpaired) electrons. The Labute approximate surface area is 130 Å². The zero-order valence-electron chi connectivity index (χ0n) is 11.9. The Hall–Kier alpha value is -3.22. The molecular formula is C16H12FN3O3. The van der Waals surface area contributed by atoms with E-state index in [9.17, 15) is 9.18 Å². The van der Waals surface area contributed by atoms with Gasteiger partial charge in [0.1, 0.15) is 11.6 Å². The van der Waals surface area contributed by atoms with Gasteiger partial charge in [-0.05, 0) is 42.5 Å². The first-order chi connectivity index (χ1) is 11.1. The summed E-state index contributed by atoms with van der Waals surface area (Å²) in [6, 6.07) is 12.7. The van der Waals surface area contributed by atoms with Crippen molar-refractivity contribution in [3.05, 3.63) is 54.3 Å². The van der Waals surface area contributed by atoms with E-state index < -0.39 is 5.91 Å². The van der Waals surface area contributed by atoms with E-state index in [1.54, 1.807) is 36.4 Å². The average Bonchev–Trinajstić information content (AvgIpc) is 3.03. The monoisotopic (exact) mass is 313 g/mol. The summed E-state index contributed by atoms with van der Waals surface area (Å²) in [7, 11) is 0. The molecule has 1 heterocycles. The minimum absolute atomic E-state index is 0.189. The molecule has 0 saturated carbocycles. The molecule has 6 nitrogen and oxygen atoms in total. The van der Waals surface area contributed by atoms with E-state index in [4.69, 9.17) is 15.0 Å². The summed E-state index contributed by atoms with van der Waals surface area (Å²) >= 11 is 0. The van der Waals surface area contributed by atoms with Crippen molar-refractivity contribution in [3.63, 3.8) is 0 Å².